The molecule has 202 valence electrons. The van der Waals surface area contributed by atoms with E-state index in [2.05, 4.69) is 9.88 Å². The number of carbonyl (C=O) groups is 1. The number of methoxy groups -OCH3 is 1. The molecular formula is C27H29F3N4O4. The normalized spacial score (nSPS) is 23.7. The molecule has 2 aliphatic heterocycles. The Labute approximate surface area is 217 Å². The minimum Gasteiger partial charge on any atom is -0.408 e. The van der Waals surface area contributed by atoms with Crippen molar-refractivity contribution in [3.8, 4) is 0 Å². The van der Waals surface area contributed by atoms with Gasteiger partial charge in [-0.3, -0.25) is 19.2 Å². The second-order valence-electron chi connectivity index (χ2n) is 10.7. The number of hydrogen-bond donors (Lipinski definition) is 0. The van der Waals surface area contributed by atoms with Gasteiger partial charge in [-0.25, -0.2) is 4.79 Å². The molecule has 0 N–H and O–H groups in total. The maximum absolute atomic E-state index is 14.0. The maximum atomic E-state index is 14.0. The average molecular weight is 531 g/mol. The topological polar surface area (TPSA) is 80.8 Å². The average Bonchev–Trinajstić information content (AvgIpc) is 3.57. The van der Waals surface area contributed by atoms with Crippen LogP contribution in [0.15, 0.2) is 33.6 Å². The van der Waals surface area contributed by atoms with Gasteiger partial charge in [-0.15, -0.1) is 0 Å². The molecule has 4 heterocycles. The zero-order chi connectivity index (χ0) is 26.8. The predicted molar refractivity (Wildman–Crippen MR) is 131 cm³/mol. The minimum absolute atomic E-state index is 0.0872. The molecule has 38 heavy (non-hydrogen) atoms. The summed E-state index contributed by atoms with van der Waals surface area (Å²) in [5.41, 5.74) is 3.10. The molecule has 1 aromatic carbocycles. The molecule has 0 saturated carbocycles. The number of aromatic nitrogens is 2. The van der Waals surface area contributed by atoms with Crippen LogP contribution in [0.25, 0.3) is 11.1 Å². The highest BCUT2D eigenvalue weighted by atomic mass is 19.4. The summed E-state index contributed by atoms with van der Waals surface area (Å²) in [6, 6.07) is 5.19. The number of nitrogens with zero attached hydrogens (tertiary/aromatic N) is 4. The molecule has 6 rings (SSSR count). The summed E-state index contributed by atoms with van der Waals surface area (Å²) in [4.78, 5) is 34.0. The van der Waals surface area contributed by atoms with Crippen LogP contribution in [0, 0.1) is 5.41 Å². The van der Waals surface area contributed by atoms with Crippen molar-refractivity contribution < 1.29 is 27.1 Å². The van der Waals surface area contributed by atoms with E-state index in [9.17, 15) is 22.8 Å². The summed E-state index contributed by atoms with van der Waals surface area (Å²) >= 11 is 0. The molecule has 3 aromatic rings. The number of carbonyl (C=O) groups excluding carboxylic acids is 1. The smallest absolute Gasteiger partial charge is 0.408 e. The molecule has 3 aliphatic rings. The van der Waals surface area contributed by atoms with Gasteiger partial charge in [-0.05, 0) is 60.7 Å². The Bertz CT molecular complexity index is 1480. The highest BCUT2D eigenvalue weighted by Gasteiger charge is 2.49. The van der Waals surface area contributed by atoms with E-state index in [4.69, 9.17) is 9.15 Å². The molecule has 0 bridgehead atoms. The maximum Gasteiger partial charge on any atom is 0.419 e. The number of rotatable bonds is 4. The zero-order valence-corrected chi connectivity index (χ0v) is 21.3. The lowest BCUT2D eigenvalue weighted by molar-refractivity contribution is -0.145. The zero-order valence-electron chi connectivity index (χ0n) is 21.3. The van der Waals surface area contributed by atoms with Gasteiger partial charge >= 0.3 is 11.9 Å². The Balaban J connectivity index is 1.25. The first-order valence-electron chi connectivity index (χ1n) is 12.8. The summed E-state index contributed by atoms with van der Waals surface area (Å²) < 4.78 is 52.2. The van der Waals surface area contributed by atoms with Crippen molar-refractivity contribution in [1.29, 1.82) is 0 Å². The first-order chi connectivity index (χ1) is 18.1. The minimum atomic E-state index is -4.48. The van der Waals surface area contributed by atoms with Crippen LogP contribution in [0.4, 0.5) is 13.2 Å². The van der Waals surface area contributed by atoms with Crippen LogP contribution in [0.2, 0.25) is 0 Å². The number of hydrogen-bond acceptors (Lipinski definition) is 6. The number of fused-ring (bicyclic) bond motifs is 3. The number of benzene rings is 1. The predicted octanol–water partition coefficient (Wildman–Crippen LogP) is 3.46. The van der Waals surface area contributed by atoms with E-state index in [-0.39, 0.29) is 25.1 Å². The summed E-state index contributed by atoms with van der Waals surface area (Å²) in [6.45, 7) is 1.95. The van der Waals surface area contributed by atoms with E-state index < -0.39 is 22.9 Å². The number of halogens is 3. The van der Waals surface area contributed by atoms with Crippen LogP contribution in [-0.4, -0.2) is 58.6 Å². The van der Waals surface area contributed by atoms with Gasteiger partial charge < -0.3 is 14.1 Å². The van der Waals surface area contributed by atoms with Crippen LogP contribution in [-0.2, 0) is 42.1 Å². The lowest BCUT2D eigenvalue weighted by Crippen LogP contribution is -2.49. The standard InChI is InChI=1S/C27H29F3N4O4/c1-32-22-11-19-16(10-23(22)38-25(32)36)3-4-21(19)34-8-6-26(14-34,15-37-2)24(35)33-7-5-20-17(13-33)9-18(12-31-20)27(28,29)30/h9-12,21H,3-8,13-15H2,1-2H3. The lowest BCUT2D eigenvalue weighted by atomic mass is 9.85. The number of oxazole rings is 1. The Morgan fingerprint density at radius 2 is 2.03 bits per heavy atom. The van der Waals surface area contributed by atoms with E-state index in [1.165, 1.54) is 4.57 Å². The number of pyridine rings is 1. The molecule has 2 unspecified atom stereocenters. The van der Waals surface area contributed by atoms with Crippen LogP contribution in [0.1, 0.15) is 46.8 Å². The summed E-state index contributed by atoms with van der Waals surface area (Å²) in [7, 11) is 3.26. The largest absolute Gasteiger partial charge is 0.419 e. The summed E-state index contributed by atoms with van der Waals surface area (Å²) in [5, 5.41) is 0. The molecule has 8 nitrogen and oxygen atoms in total. The highest BCUT2D eigenvalue weighted by molar-refractivity contribution is 5.84. The van der Waals surface area contributed by atoms with E-state index in [0.29, 0.717) is 49.3 Å². The fraction of sp³-hybridized carbons (Fsp3) is 0.519. The number of aryl methyl sites for hydroxylation is 2. The van der Waals surface area contributed by atoms with Gasteiger partial charge in [-0.1, -0.05) is 0 Å². The van der Waals surface area contributed by atoms with E-state index >= 15 is 0 Å². The SMILES string of the molecule is COCC1(C(=O)N2CCc3ncc(C(F)(F)F)cc3C2)CCN(C2CCc3cc4oc(=O)n(C)c4cc32)C1. The number of ether oxygens (including phenoxy) is 1. The number of alkyl halides is 3. The van der Waals surface area contributed by atoms with Crippen molar-refractivity contribution in [1.82, 2.24) is 19.4 Å². The monoisotopic (exact) mass is 530 g/mol. The van der Waals surface area contributed by atoms with Crippen LogP contribution in [0.3, 0.4) is 0 Å². The van der Waals surface area contributed by atoms with Crippen molar-refractivity contribution in [2.24, 2.45) is 12.5 Å². The number of likely N-dealkylation sites (tertiary alicyclic amines) is 1. The lowest BCUT2D eigenvalue weighted by Gasteiger charge is -2.37. The first-order valence-corrected chi connectivity index (χ1v) is 12.8. The number of amides is 1. The third-order valence-corrected chi connectivity index (χ3v) is 8.45. The van der Waals surface area contributed by atoms with Crippen molar-refractivity contribution in [3.05, 3.63) is 62.9 Å². The van der Waals surface area contributed by atoms with Gasteiger partial charge in [0.25, 0.3) is 0 Å². The van der Waals surface area contributed by atoms with Crippen molar-refractivity contribution in [2.75, 3.05) is 33.4 Å². The molecule has 1 aliphatic carbocycles. The molecule has 1 amide bonds. The second-order valence-corrected chi connectivity index (χ2v) is 10.7. The van der Waals surface area contributed by atoms with Gasteiger partial charge in [0.1, 0.15) is 0 Å². The molecule has 2 aromatic heterocycles. The van der Waals surface area contributed by atoms with Gasteiger partial charge in [0, 0.05) is 58.1 Å². The quantitative estimate of drug-likeness (QED) is 0.514. The molecule has 1 saturated heterocycles. The molecule has 2 atom stereocenters. The van der Waals surface area contributed by atoms with Gasteiger partial charge in [0.2, 0.25) is 5.91 Å². The fourth-order valence-corrected chi connectivity index (χ4v) is 6.48. The van der Waals surface area contributed by atoms with Crippen molar-refractivity contribution in [3.63, 3.8) is 0 Å². The first kappa shape index (κ1) is 25.1. The van der Waals surface area contributed by atoms with Crippen LogP contribution < -0.4 is 5.76 Å². The van der Waals surface area contributed by atoms with Gasteiger partial charge in [-0.2, -0.15) is 13.2 Å². The molecule has 0 radical (unpaired) electrons. The molecule has 1 fully saturated rings. The van der Waals surface area contributed by atoms with Crippen molar-refractivity contribution in [2.45, 2.75) is 44.4 Å². The van der Waals surface area contributed by atoms with Crippen molar-refractivity contribution >= 4 is 17.0 Å². The van der Waals surface area contributed by atoms with E-state index in [0.717, 1.165) is 41.7 Å². The highest BCUT2D eigenvalue weighted by Crippen LogP contribution is 2.44. The van der Waals surface area contributed by atoms with E-state index in [1.807, 2.05) is 12.1 Å². The van der Waals surface area contributed by atoms with Gasteiger partial charge in [0.05, 0.1) is 23.1 Å². The third kappa shape index (κ3) is 4.03. The Morgan fingerprint density at radius 3 is 2.79 bits per heavy atom. The Morgan fingerprint density at radius 1 is 1.21 bits per heavy atom. The molecular weight excluding hydrogens is 501 g/mol. The summed E-state index contributed by atoms with van der Waals surface area (Å²) in [5.74, 6) is -0.484. The Kier molecular flexibility index (Phi) is 5.91. The van der Waals surface area contributed by atoms with Crippen LogP contribution >= 0.6 is 0 Å². The fourth-order valence-electron chi connectivity index (χ4n) is 6.48. The second kappa shape index (κ2) is 8.94. The van der Waals surface area contributed by atoms with Gasteiger partial charge in [0.15, 0.2) is 5.58 Å². The molecule has 11 heteroatoms. The van der Waals surface area contributed by atoms with Crippen LogP contribution in [0.5, 0.6) is 0 Å². The third-order valence-electron chi connectivity index (χ3n) is 8.45. The molecule has 0 spiro atoms. The van der Waals surface area contributed by atoms with E-state index in [1.54, 1.807) is 19.1 Å². The summed E-state index contributed by atoms with van der Waals surface area (Å²) in [6.07, 6.45) is -0.844. The Hall–Kier alpha value is -3.18.